The summed E-state index contributed by atoms with van der Waals surface area (Å²) in [5.41, 5.74) is 8.87. The van der Waals surface area contributed by atoms with E-state index in [1.54, 1.807) is 12.1 Å². The van der Waals surface area contributed by atoms with Gasteiger partial charge in [0.2, 0.25) is 0 Å². The maximum atomic E-state index is 12.4. The molecule has 130 valence electrons. The van der Waals surface area contributed by atoms with Crippen molar-refractivity contribution >= 4 is 11.6 Å². The van der Waals surface area contributed by atoms with Crippen LogP contribution in [0.3, 0.4) is 0 Å². The van der Waals surface area contributed by atoms with Crippen LogP contribution in [0.4, 0.5) is 0 Å². The number of nitrogens with one attached hydrogen (secondary N) is 1. The Hall–Kier alpha value is -2.86. The van der Waals surface area contributed by atoms with Crippen LogP contribution in [0, 0.1) is 6.92 Å². The average Bonchev–Trinajstić information content (AvgIpc) is 3.04. The van der Waals surface area contributed by atoms with Crippen LogP contribution in [-0.2, 0) is 6.61 Å². The van der Waals surface area contributed by atoms with E-state index in [9.17, 15) is 4.79 Å². The third-order valence-electron chi connectivity index (χ3n) is 3.97. The standard InChI is InChI=1S/C19H22N4O2/c1-13-6-5-9-23-11-15(22-18(13)23)12-25-17-8-4-3-7-16(17)19(24)21-14(2)10-20/h3-9,11,14H,10,12,20H2,1-2H3,(H,21,24)/t14-/m0/s1. The number of pyridine rings is 1. The van der Waals surface area contributed by atoms with Crippen LogP contribution in [-0.4, -0.2) is 27.9 Å². The molecule has 0 bridgehead atoms. The number of ether oxygens (including phenoxy) is 1. The van der Waals surface area contributed by atoms with Crippen molar-refractivity contribution in [1.29, 1.82) is 0 Å². The number of hydrogen-bond acceptors (Lipinski definition) is 4. The van der Waals surface area contributed by atoms with Crippen molar-refractivity contribution in [2.24, 2.45) is 5.73 Å². The number of aryl methyl sites for hydroxylation is 1. The number of rotatable bonds is 6. The van der Waals surface area contributed by atoms with Crippen molar-refractivity contribution in [3.8, 4) is 5.75 Å². The number of para-hydroxylation sites is 1. The van der Waals surface area contributed by atoms with Crippen LogP contribution in [0.5, 0.6) is 5.75 Å². The summed E-state index contributed by atoms with van der Waals surface area (Å²) < 4.78 is 7.83. The molecule has 0 saturated heterocycles. The van der Waals surface area contributed by atoms with Gasteiger partial charge in [0.1, 0.15) is 18.0 Å². The zero-order valence-electron chi connectivity index (χ0n) is 14.4. The van der Waals surface area contributed by atoms with Crippen LogP contribution in [0.25, 0.3) is 5.65 Å². The Kier molecular flexibility index (Phi) is 5.00. The molecule has 3 aromatic rings. The third kappa shape index (κ3) is 3.80. The molecule has 2 aromatic heterocycles. The highest BCUT2D eigenvalue weighted by atomic mass is 16.5. The van der Waals surface area contributed by atoms with Crippen LogP contribution >= 0.6 is 0 Å². The Morgan fingerprint density at radius 1 is 1.32 bits per heavy atom. The van der Waals surface area contributed by atoms with Crippen LogP contribution in [0.1, 0.15) is 28.5 Å². The zero-order valence-corrected chi connectivity index (χ0v) is 14.4. The monoisotopic (exact) mass is 338 g/mol. The summed E-state index contributed by atoms with van der Waals surface area (Å²) in [6, 6.07) is 11.1. The molecule has 0 aliphatic carbocycles. The molecule has 2 heterocycles. The fourth-order valence-electron chi connectivity index (χ4n) is 2.57. The number of fused-ring (bicyclic) bond motifs is 1. The minimum absolute atomic E-state index is 0.0954. The second-order valence-corrected chi connectivity index (χ2v) is 6.05. The summed E-state index contributed by atoms with van der Waals surface area (Å²) >= 11 is 0. The Labute approximate surface area is 146 Å². The van der Waals surface area contributed by atoms with Gasteiger partial charge in [-0.2, -0.15) is 0 Å². The van der Waals surface area contributed by atoms with E-state index in [1.165, 1.54) is 0 Å². The summed E-state index contributed by atoms with van der Waals surface area (Å²) in [6.45, 7) is 4.55. The molecule has 0 saturated carbocycles. The van der Waals surface area contributed by atoms with Crippen LogP contribution in [0.15, 0.2) is 48.8 Å². The number of nitrogens with two attached hydrogens (primary N) is 1. The zero-order chi connectivity index (χ0) is 17.8. The van der Waals surface area contributed by atoms with Crippen molar-refractivity contribution in [2.45, 2.75) is 26.5 Å². The highest BCUT2D eigenvalue weighted by Crippen LogP contribution is 2.20. The van der Waals surface area contributed by atoms with E-state index < -0.39 is 0 Å². The first-order valence-corrected chi connectivity index (χ1v) is 8.24. The molecule has 0 unspecified atom stereocenters. The molecule has 1 atom stereocenters. The first-order valence-electron chi connectivity index (χ1n) is 8.24. The summed E-state index contributed by atoms with van der Waals surface area (Å²) in [6.07, 6.45) is 3.88. The summed E-state index contributed by atoms with van der Waals surface area (Å²) in [5.74, 6) is 0.331. The minimum Gasteiger partial charge on any atom is -0.486 e. The Morgan fingerprint density at radius 3 is 2.88 bits per heavy atom. The van der Waals surface area contributed by atoms with Crippen molar-refractivity contribution in [1.82, 2.24) is 14.7 Å². The third-order valence-corrected chi connectivity index (χ3v) is 3.97. The minimum atomic E-state index is -0.195. The number of amides is 1. The molecule has 1 aromatic carbocycles. The Morgan fingerprint density at radius 2 is 2.12 bits per heavy atom. The molecule has 6 nitrogen and oxygen atoms in total. The van der Waals surface area contributed by atoms with Gasteiger partial charge in [-0.1, -0.05) is 18.2 Å². The predicted octanol–water partition coefficient (Wildman–Crippen LogP) is 2.30. The van der Waals surface area contributed by atoms with Crippen molar-refractivity contribution in [2.75, 3.05) is 6.54 Å². The molecule has 3 N–H and O–H groups in total. The molecule has 0 fully saturated rings. The van der Waals surface area contributed by atoms with Gasteiger partial charge in [-0.3, -0.25) is 4.79 Å². The summed E-state index contributed by atoms with van der Waals surface area (Å²) in [7, 11) is 0. The average molecular weight is 338 g/mol. The van der Waals surface area contributed by atoms with Gasteiger partial charge in [0.15, 0.2) is 0 Å². The number of imidazole rings is 1. The van der Waals surface area contributed by atoms with E-state index >= 15 is 0 Å². The molecule has 0 spiro atoms. The molecular formula is C19H22N4O2. The predicted molar refractivity (Wildman–Crippen MR) is 96.7 cm³/mol. The fraction of sp³-hybridized carbons (Fsp3) is 0.263. The van der Waals surface area contributed by atoms with Crippen molar-refractivity contribution < 1.29 is 9.53 Å². The highest BCUT2D eigenvalue weighted by molar-refractivity contribution is 5.97. The van der Waals surface area contributed by atoms with Gasteiger partial charge in [-0.15, -0.1) is 0 Å². The van der Waals surface area contributed by atoms with Crippen LogP contribution in [0.2, 0.25) is 0 Å². The topological polar surface area (TPSA) is 81.7 Å². The number of nitrogens with zero attached hydrogens (tertiary/aromatic N) is 2. The molecule has 3 rings (SSSR count). The first kappa shape index (κ1) is 17.0. The van der Waals surface area contributed by atoms with Gasteiger partial charge in [-0.25, -0.2) is 4.98 Å². The molecule has 0 aliphatic rings. The molecule has 1 amide bonds. The van der Waals surface area contributed by atoms with E-state index in [-0.39, 0.29) is 18.6 Å². The maximum absolute atomic E-state index is 12.4. The van der Waals surface area contributed by atoms with E-state index in [1.807, 2.05) is 54.9 Å². The van der Waals surface area contributed by atoms with Gasteiger partial charge in [0.05, 0.1) is 11.3 Å². The lowest BCUT2D eigenvalue weighted by atomic mass is 10.1. The number of carbonyl (C=O) groups is 1. The Balaban J connectivity index is 1.76. The largest absolute Gasteiger partial charge is 0.486 e. The molecule has 0 aliphatic heterocycles. The lowest BCUT2D eigenvalue weighted by Crippen LogP contribution is -2.37. The molecule has 6 heteroatoms. The summed E-state index contributed by atoms with van der Waals surface area (Å²) in [4.78, 5) is 16.9. The van der Waals surface area contributed by atoms with Crippen molar-refractivity contribution in [3.05, 3.63) is 65.6 Å². The van der Waals surface area contributed by atoms with Crippen LogP contribution < -0.4 is 15.8 Å². The number of carbonyl (C=O) groups excluding carboxylic acids is 1. The van der Waals surface area contributed by atoms with Gasteiger partial charge < -0.3 is 20.2 Å². The van der Waals surface area contributed by atoms with E-state index in [0.29, 0.717) is 17.9 Å². The fourth-order valence-corrected chi connectivity index (χ4v) is 2.57. The normalized spacial score (nSPS) is 12.1. The second-order valence-electron chi connectivity index (χ2n) is 6.05. The second kappa shape index (κ2) is 7.36. The molecule has 0 radical (unpaired) electrons. The van der Waals surface area contributed by atoms with Gasteiger partial charge in [0, 0.05) is 25.0 Å². The summed E-state index contributed by atoms with van der Waals surface area (Å²) in [5, 5.41) is 2.85. The smallest absolute Gasteiger partial charge is 0.255 e. The van der Waals surface area contributed by atoms with Crippen molar-refractivity contribution in [3.63, 3.8) is 0 Å². The lowest BCUT2D eigenvalue weighted by Gasteiger charge is -2.14. The van der Waals surface area contributed by atoms with Gasteiger partial charge in [0.25, 0.3) is 5.91 Å². The Bertz CT molecular complexity index is 888. The van der Waals surface area contributed by atoms with E-state index in [0.717, 1.165) is 16.9 Å². The number of benzene rings is 1. The number of aromatic nitrogens is 2. The molecule has 25 heavy (non-hydrogen) atoms. The van der Waals surface area contributed by atoms with Gasteiger partial charge >= 0.3 is 0 Å². The van der Waals surface area contributed by atoms with E-state index in [2.05, 4.69) is 10.3 Å². The SMILES string of the molecule is Cc1cccn2cc(COc3ccccc3C(=O)N[C@@H](C)CN)nc12. The molecular weight excluding hydrogens is 316 g/mol. The lowest BCUT2D eigenvalue weighted by molar-refractivity contribution is 0.0936. The number of hydrogen-bond donors (Lipinski definition) is 2. The quantitative estimate of drug-likeness (QED) is 0.722. The van der Waals surface area contributed by atoms with Gasteiger partial charge in [-0.05, 0) is 37.6 Å². The maximum Gasteiger partial charge on any atom is 0.255 e. The van der Waals surface area contributed by atoms with E-state index in [4.69, 9.17) is 10.5 Å². The highest BCUT2D eigenvalue weighted by Gasteiger charge is 2.14. The first-order chi connectivity index (χ1) is 12.1.